The zero-order valence-corrected chi connectivity index (χ0v) is 11.8. The molecule has 0 fully saturated rings. The molecule has 0 spiro atoms. The summed E-state index contributed by atoms with van der Waals surface area (Å²) >= 11 is 14.8. The number of aromatic amines is 1. The summed E-state index contributed by atoms with van der Waals surface area (Å²) in [5.74, 6) is 1.44. The van der Waals surface area contributed by atoms with Crippen LogP contribution < -0.4 is 5.56 Å². The molecule has 0 amide bonds. The molecule has 0 aliphatic carbocycles. The minimum absolute atomic E-state index is 0.128. The van der Waals surface area contributed by atoms with Crippen LogP contribution in [-0.2, 0) is 6.42 Å². The Labute approximate surface area is 116 Å². The predicted molar refractivity (Wildman–Crippen MR) is 73.7 cm³/mol. The van der Waals surface area contributed by atoms with Crippen molar-refractivity contribution >= 4 is 56.5 Å². The average molecular weight is 307 g/mol. The Morgan fingerprint density at radius 2 is 2.24 bits per heavy atom. The van der Waals surface area contributed by atoms with Crippen LogP contribution in [-0.4, -0.2) is 15.7 Å². The van der Waals surface area contributed by atoms with Gasteiger partial charge in [-0.2, -0.15) is 0 Å². The van der Waals surface area contributed by atoms with Crippen LogP contribution in [0.25, 0.3) is 10.2 Å². The van der Waals surface area contributed by atoms with E-state index in [0.717, 1.165) is 34.4 Å². The molecule has 90 valence electrons. The van der Waals surface area contributed by atoms with Crippen molar-refractivity contribution in [1.82, 2.24) is 9.97 Å². The maximum Gasteiger partial charge on any atom is 0.260 e. The molecule has 0 saturated carbocycles. The van der Waals surface area contributed by atoms with Gasteiger partial charge in [-0.15, -0.1) is 23.1 Å². The number of H-pyrrole nitrogens is 1. The lowest BCUT2D eigenvalue weighted by molar-refractivity contribution is 0.908. The Bertz CT molecular complexity index is 635. The summed E-state index contributed by atoms with van der Waals surface area (Å²) in [6.45, 7) is 0. The molecule has 2 aromatic heterocycles. The highest BCUT2D eigenvalue weighted by Gasteiger charge is 2.21. The van der Waals surface area contributed by atoms with Crippen molar-refractivity contribution in [3.8, 4) is 0 Å². The number of aryl methyl sites for hydroxylation is 1. The van der Waals surface area contributed by atoms with Gasteiger partial charge >= 0.3 is 0 Å². The van der Waals surface area contributed by atoms with Crippen molar-refractivity contribution < 1.29 is 0 Å². The third kappa shape index (κ3) is 1.99. The maximum atomic E-state index is 12.0. The third-order valence-corrected chi connectivity index (χ3v) is 5.59. The molecule has 0 bridgehead atoms. The Hall–Kier alpha value is -0.230. The number of nitrogens with zero attached hydrogens (tertiary/aromatic N) is 1. The third-order valence-electron chi connectivity index (χ3n) is 2.65. The van der Waals surface area contributed by atoms with E-state index in [2.05, 4.69) is 9.97 Å². The molecule has 0 saturated heterocycles. The van der Waals surface area contributed by atoms with E-state index >= 15 is 0 Å². The van der Waals surface area contributed by atoms with E-state index in [0.29, 0.717) is 5.82 Å². The van der Waals surface area contributed by atoms with Crippen molar-refractivity contribution in [2.75, 3.05) is 5.75 Å². The lowest BCUT2D eigenvalue weighted by Crippen LogP contribution is -2.12. The molecule has 0 atom stereocenters. The Morgan fingerprint density at radius 3 is 3.00 bits per heavy atom. The van der Waals surface area contributed by atoms with E-state index in [4.69, 9.17) is 23.2 Å². The Kier molecular flexibility index (Phi) is 3.11. The van der Waals surface area contributed by atoms with Gasteiger partial charge in [0.25, 0.3) is 5.56 Å². The Morgan fingerprint density at radius 1 is 1.41 bits per heavy atom. The molecule has 1 N–H and O–H groups in total. The molecule has 7 heteroatoms. The van der Waals surface area contributed by atoms with Crippen molar-refractivity contribution in [1.29, 1.82) is 0 Å². The van der Waals surface area contributed by atoms with E-state index in [1.165, 1.54) is 4.21 Å². The maximum absolute atomic E-state index is 12.0. The fraction of sp³-hybridized carbons (Fsp3) is 0.400. The first-order chi connectivity index (χ1) is 8.16. The molecule has 0 unspecified atom stereocenters. The van der Waals surface area contributed by atoms with Crippen LogP contribution in [0.4, 0.5) is 0 Å². The zero-order chi connectivity index (χ0) is 12.0. The fourth-order valence-corrected chi connectivity index (χ4v) is 4.67. The summed E-state index contributed by atoms with van der Waals surface area (Å²) in [6.07, 6.45) is 2.07. The van der Waals surface area contributed by atoms with Crippen molar-refractivity contribution in [3.05, 3.63) is 21.7 Å². The van der Waals surface area contributed by atoms with Gasteiger partial charge in [0.15, 0.2) is 4.84 Å². The number of hydrogen-bond donors (Lipinski definition) is 1. The van der Waals surface area contributed by atoms with Crippen molar-refractivity contribution in [3.63, 3.8) is 0 Å². The molecule has 3 nitrogen and oxygen atoms in total. The topological polar surface area (TPSA) is 45.8 Å². The van der Waals surface area contributed by atoms with Crippen LogP contribution in [0.15, 0.2) is 9.00 Å². The van der Waals surface area contributed by atoms with Gasteiger partial charge in [-0.05, 0) is 24.2 Å². The highest BCUT2D eigenvalue weighted by molar-refractivity contribution is 8.01. The fourth-order valence-electron chi connectivity index (χ4n) is 1.92. The smallest absolute Gasteiger partial charge is 0.260 e. The molecular weight excluding hydrogens is 299 g/mol. The first kappa shape index (κ1) is 11.8. The van der Waals surface area contributed by atoms with Crippen molar-refractivity contribution in [2.24, 2.45) is 0 Å². The summed E-state index contributed by atoms with van der Waals surface area (Å²) in [6, 6.07) is 0. The second-order valence-corrected chi connectivity index (χ2v) is 7.21. The van der Waals surface area contributed by atoms with Gasteiger partial charge in [0.05, 0.1) is 9.60 Å². The summed E-state index contributed by atoms with van der Waals surface area (Å²) in [5.41, 5.74) is 1.01. The zero-order valence-electron chi connectivity index (χ0n) is 8.63. The van der Waals surface area contributed by atoms with Crippen LogP contribution in [0, 0.1) is 0 Å². The van der Waals surface area contributed by atoms with Gasteiger partial charge in [0.2, 0.25) is 0 Å². The standard InChI is InChI=1S/C10H8Cl2N2OS2/c11-6(12)7-13-8(15)5-4-2-1-3-16-10(4)17-9(5)14-7/h6H,1-3H2,(H,13,14,15). The lowest BCUT2D eigenvalue weighted by Gasteiger charge is -2.09. The van der Waals surface area contributed by atoms with E-state index < -0.39 is 4.84 Å². The summed E-state index contributed by atoms with van der Waals surface area (Å²) in [4.78, 5) is 19.0. The summed E-state index contributed by atoms with van der Waals surface area (Å²) in [5, 5.41) is 0.718. The Balaban J connectivity index is 2.31. The molecular formula is C10H8Cl2N2OS2. The largest absolute Gasteiger partial charge is 0.308 e. The number of halogens is 2. The van der Waals surface area contributed by atoms with Gasteiger partial charge < -0.3 is 4.98 Å². The monoisotopic (exact) mass is 306 g/mol. The molecule has 1 aliphatic heterocycles. The van der Waals surface area contributed by atoms with E-state index in [1.807, 2.05) is 0 Å². The van der Waals surface area contributed by atoms with E-state index in [-0.39, 0.29) is 5.56 Å². The highest BCUT2D eigenvalue weighted by atomic mass is 35.5. The highest BCUT2D eigenvalue weighted by Crippen LogP contribution is 2.40. The minimum Gasteiger partial charge on any atom is -0.308 e. The number of aromatic nitrogens is 2. The molecule has 0 radical (unpaired) electrons. The number of hydrogen-bond acceptors (Lipinski definition) is 4. The molecule has 2 aromatic rings. The number of rotatable bonds is 1. The van der Waals surface area contributed by atoms with Gasteiger partial charge in [0.1, 0.15) is 10.7 Å². The second kappa shape index (κ2) is 4.46. The normalized spacial score (nSPS) is 15.5. The SMILES string of the molecule is O=c1[nH]c(C(Cl)Cl)nc2sc3c(c12)CCCS3. The summed E-state index contributed by atoms with van der Waals surface area (Å²) < 4.78 is 1.21. The van der Waals surface area contributed by atoms with Crippen LogP contribution in [0.1, 0.15) is 22.6 Å². The van der Waals surface area contributed by atoms with Gasteiger partial charge in [-0.3, -0.25) is 4.79 Å². The lowest BCUT2D eigenvalue weighted by atomic mass is 10.1. The van der Waals surface area contributed by atoms with Gasteiger partial charge in [0, 0.05) is 0 Å². The predicted octanol–water partition coefficient (Wildman–Crippen LogP) is 3.50. The van der Waals surface area contributed by atoms with Crippen LogP contribution >= 0.6 is 46.3 Å². The average Bonchev–Trinajstić information content (AvgIpc) is 2.67. The van der Waals surface area contributed by atoms with Crippen LogP contribution in [0.2, 0.25) is 0 Å². The number of thiophene rings is 1. The van der Waals surface area contributed by atoms with E-state index in [1.54, 1.807) is 23.1 Å². The van der Waals surface area contributed by atoms with Crippen LogP contribution in [0.5, 0.6) is 0 Å². The van der Waals surface area contributed by atoms with E-state index in [9.17, 15) is 4.79 Å². The number of alkyl halides is 2. The molecule has 3 heterocycles. The first-order valence-corrected chi connectivity index (χ1v) is 7.81. The second-order valence-electron chi connectivity index (χ2n) is 3.75. The quantitative estimate of drug-likeness (QED) is 0.820. The molecule has 17 heavy (non-hydrogen) atoms. The molecule has 1 aliphatic rings. The number of fused-ring (bicyclic) bond motifs is 3. The van der Waals surface area contributed by atoms with Gasteiger partial charge in [-0.25, -0.2) is 4.98 Å². The van der Waals surface area contributed by atoms with Crippen molar-refractivity contribution in [2.45, 2.75) is 21.9 Å². The molecule has 0 aromatic carbocycles. The number of thioether (sulfide) groups is 1. The first-order valence-electron chi connectivity index (χ1n) is 5.13. The minimum atomic E-state index is -0.793. The van der Waals surface area contributed by atoms with Gasteiger partial charge in [-0.1, -0.05) is 23.2 Å². The molecule has 3 rings (SSSR count). The van der Waals surface area contributed by atoms with Crippen LogP contribution in [0.3, 0.4) is 0 Å². The number of nitrogens with one attached hydrogen (secondary N) is 1. The summed E-state index contributed by atoms with van der Waals surface area (Å²) in [7, 11) is 0.